The second-order valence-electron chi connectivity index (χ2n) is 6.48. The van der Waals surface area contributed by atoms with E-state index in [1.54, 1.807) is 0 Å². The predicted molar refractivity (Wildman–Crippen MR) is 96.6 cm³/mol. The highest BCUT2D eigenvalue weighted by atomic mass is 35.5. The summed E-state index contributed by atoms with van der Waals surface area (Å²) in [4.78, 5) is 9.11. The van der Waals surface area contributed by atoms with Gasteiger partial charge in [0, 0.05) is 38.1 Å². The molecule has 0 radical (unpaired) electrons. The Hall–Kier alpha value is -1.74. The van der Waals surface area contributed by atoms with Gasteiger partial charge in [-0.25, -0.2) is 0 Å². The quantitative estimate of drug-likeness (QED) is 0.822. The van der Waals surface area contributed by atoms with Crippen molar-refractivity contribution in [3.63, 3.8) is 0 Å². The largest absolute Gasteiger partial charge is 0.368 e. The van der Waals surface area contributed by atoms with Gasteiger partial charge < -0.3 is 9.80 Å². The third-order valence-corrected chi connectivity index (χ3v) is 5.14. The van der Waals surface area contributed by atoms with Crippen LogP contribution in [0.25, 0.3) is 0 Å². The Morgan fingerprint density at radius 2 is 1.91 bits per heavy atom. The van der Waals surface area contributed by atoms with Gasteiger partial charge in [0.15, 0.2) is 0 Å². The molecule has 23 heavy (non-hydrogen) atoms. The minimum absolute atomic E-state index is 0.715. The molecular formula is C19H22ClN3. The lowest BCUT2D eigenvalue weighted by Crippen LogP contribution is -2.42. The van der Waals surface area contributed by atoms with E-state index in [1.807, 2.05) is 18.5 Å². The summed E-state index contributed by atoms with van der Waals surface area (Å²) in [6.07, 6.45) is 8.62. The fraction of sp³-hybridized carbons (Fsp3) is 0.421. The number of benzene rings is 1. The zero-order valence-corrected chi connectivity index (χ0v) is 14.0. The molecule has 120 valence electrons. The topological polar surface area (TPSA) is 19.4 Å². The number of pyridine rings is 1. The first kappa shape index (κ1) is 14.8. The number of nitrogens with zero attached hydrogens (tertiary/aromatic N) is 3. The van der Waals surface area contributed by atoms with E-state index in [1.165, 1.54) is 29.8 Å². The number of fused-ring (bicyclic) bond motifs is 1. The van der Waals surface area contributed by atoms with Gasteiger partial charge in [-0.15, -0.1) is 0 Å². The maximum Gasteiger partial charge on any atom is 0.0796 e. The number of hydrogen-bond acceptors (Lipinski definition) is 3. The van der Waals surface area contributed by atoms with Crippen LogP contribution in [-0.4, -0.2) is 30.7 Å². The number of hydrogen-bond donors (Lipinski definition) is 0. The van der Waals surface area contributed by atoms with Gasteiger partial charge in [0.2, 0.25) is 0 Å². The molecule has 1 aromatic heterocycles. The van der Waals surface area contributed by atoms with E-state index < -0.39 is 0 Å². The van der Waals surface area contributed by atoms with E-state index in [2.05, 4.69) is 39.0 Å². The number of rotatable bonds is 5. The molecule has 3 nitrogen and oxygen atoms in total. The Kier molecular flexibility index (Phi) is 4.13. The standard InChI is InChI=1S/C19H22ClN3/c20-17-4-1-5-18-19(17)23(16-6-7-16)14-13-22(18)12-2-3-15-8-10-21-11-9-15/h1,4-5,8-11,16H,2-3,6-7,12-14H2. The highest BCUT2D eigenvalue weighted by Gasteiger charge is 2.35. The minimum atomic E-state index is 0.715. The lowest BCUT2D eigenvalue weighted by Gasteiger charge is -2.39. The number of anilines is 2. The molecule has 2 aromatic rings. The summed E-state index contributed by atoms with van der Waals surface area (Å²) in [7, 11) is 0. The molecule has 1 aliphatic heterocycles. The minimum Gasteiger partial charge on any atom is -0.368 e. The summed E-state index contributed by atoms with van der Waals surface area (Å²) >= 11 is 6.53. The van der Waals surface area contributed by atoms with Gasteiger partial charge in [-0.05, 0) is 55.5 Å². The molecule has 0 atom stereocenters. The van der Waals surface area contributed by atoms with E-state index in [9.17, 15) is 0 Å². The van der Waals surface area contributed by atoms with E-state index in [4.69, 9.17) is 11.6 Å². The Morgan fingerprint density at radius 1 is 1.09 bits per heavy atom. The van der Waals surface area contributed by atoms with Crippen LogP contribution >= 0.6 is 11.6 Å². The highest BCUT2D eigenvalue weighted by Crippen LogP contribution is 2.44. The number of halogens is 1. The molecule has 1 aromatic carbocycles. The van der Waals surface area contributed by atoms with E-state index >= 15 is 0 Å². The van der Waals surface area contributed by atoms with Gasteiger partial charge in [0.25, 0.3) is 0 Å². The van der Waals surface area contributed by atoms with Crippen molar-refractivity contribution in [3.05, 3.63) is 53.3 Å². The second kappa shape index (κ2) is 6.40. The molecule has 1 saturated carbocycles. The first-order valence-corrected chi connectivity index (χ1v) is 8.90. The molecule has 1 fully saturated rings. The van der Waals surface area contributed by atoms with Crippen LogP contribution in [0.1, 0.15) is 24.8 Å². The van der Waals surface area contributed by atoms with Crippen LogP contribution in [0.15, 0.2) is 42.7 Å². The zero-order valence-electron chi connectivity index (χ0n) is 13.3. The van der Waals surface area contributed by atoms with Crippen molar-refractivity contribution in [3.8, 4) is 0 Å². The molecule has 0 N–H and O–H groups in total. The molecule has 0 bridgehead atoms. The van der Waals surface area contributed by atoms with Crippen molar-refractivity contribution >= 4 is 23.0 Å². The maximum absolute atomic E-state index is 6.53. The Morgan fingerprint density at radius 3 is 2.70 bits per heavy atom. The SMILES string of the molecule is Clc1cccc2c1N(C1CC1)CCN2CCCc1ccncc1. The summed E-state index contributed by atoms with van der Waals surface area (Å²) in [5, 5.41) is 0.897. The summed E-state index contributed by atoms with van der Waals surface area (Å²) in [5.74, 6) is 0. The highest BCUT2D eigenvalue weighted by molar-refractivity contribution is 6.34. The van der Waals surface area contributed by atoms with Crippen molar-refractivity contribution in [1.29, 1.82) is 0 Å². The van der Waals surface area contributed by atoms with Gasteiger partial charge in [-0.2, -0.15) is 0 Å². The Labute approximate surface area is 142 Å². The molecular weight excluding hydrogens is 306 g/mol. The molecule has 0 saturated heterocycles. The normalized spacial score (nSPS) is 17.3. The number of aryl methyl sites for hydroxylation is 1. The summed E-state index contributed by atoms with van der Waals surface area (Å²) < 4.78 is 0. The van der Waals surface area contributed by atoms with Crippen LogP contribution in [0.3, 0.4) is 0 Å². The lowest BCUT2D eigenvalue weighted by molar-refractivity contribution is 0.669. The summed E-state index contributed by atoms with van der Waals surface area (Å²) in [6.45, 7) is 3.27. The van der Waals surface area contributed by atoms with Gasteiger partial charge in [-0.1, -0.05) is 17.7 Å². The summed E-state index contributed by atoms with van der Waals surface area (Å²) in [6, 6.07) is 11.3. The van der Waals surface area contributed by atoms with Gasteiger partial charge >= 0.3 is 0 Å². The van der Waals surface area contributed by atoms with Crippen LogP contribution in [0, 0.1) is 0 Å². The third kappa shape index (κ3) is 3.16. The van der Waals surface area contributed by atoms with E-state index in [-0.39, 0.29) is 0 Å². The number of para-hydroxylation sites is 1. The molecule has 1 aliphatic carbocycles. The number of aromatic nitrogens is 1. The maximum atomic E-state index is 6.53. The van der Waals surface area contributed by atoms with Crippen molar-refractivity contribution in [2.45, 2.75) is 31.7 Å². The zero-order chi connectivity index (χ0) is 15.6. The smallest absolute Gasteiger partial charge is 0.0796 e. The van der Waals surface area contributed by atoms with Gasteiger partial charge in [-0.3, -0.25) is 4.98 Å². The van der Waals surface area contributed by atoms with Gasteiger partial charge in [0.05, 0.1) is 16.4 Å². The summed E-state index contributed by atoms with van der Waals surface area (Å²) in [5.41, 5.74) is 3.93. The molecule has 0 unspecified atom stereocenters. The van der Waals surface area contributed by atoms with E-state index in [0.717, 1.165) is 37.5 Å². The van der Waals surface area contributed by atoms with Crippen LogP contribution in [-0.2, 0) is 6.42 Å². The van der Waals surface area contributed by atoms with Crippen LogP contribution in [0.5, 0.6) is 0 Å². The molecule has 2 aliphatic rings. The average Bonchev–Trinajstić information content (AvgIpc) is 3.41. The monoisotopic (exact) mass is 327 g/mol. The van der Waals surface area contributed by atoms with Crippen LogP contribution in [0.2, 0.25) is 5.02 Å². The Balaban J connectivity index is 1.47. The molecule has 4 heteroatoms. The first-order valence-electron chi connectivity index (χ1n) is 8.52. The molecule has 4 rings (SSSR count). The molecule has 0 spiro atoms. The molecule has 2 heterocycles. The second-order valence-corrected chi connectivity index (χ2v) is 6.89. The van der Waals surface area contributed by atoms with E-state index in [0.29, 0.717) is 6.04 Å². The lowest BCUT2D eigenvalue weighted by atomic mass is 10.1. The average molecular weight is 328 g/mol. The van der Waals surface area contributed by atoms with Crippen molar-refractivity contribution in [2.75, 3.05) is 29.4 Å². The van der Waals surface area contributed by atoms with Crippen molar-refractivity contribution in [1.82, 2.24) is 4.98 Å². The Bertz CT molecular complexity index is 670. The van der Waals surface area contributed by atoms with Crippen LogP contribution in [0.4, 0.5) is 11.4 Å². The molecule has 0 amide bonds. The van der Waals surface area contributed by atoms with Crippen molar-refractivity contribution in [2.24, 2.45) is 0 Å². The van der Waals surface area contributed by atoms with Gasteiger partial charge in [0.1, 0.15) is 0 Å². The first-order chi connectivity index (χ1) is 11.3. The predicted octanol–water partition coefficient (Wildman–Crippen LogP) is 4.16. The fourth-order valence-electron chi connectivity index (χ4n) is 3.51. The van der Waals surface area contributed by atoms with Crippen LogP contribution < -0.4 is 9.80 Å². The third-order valence-electron chi connectivity index (χ3n) is 4.83. The van der Waals surface area contributed by atoms with Crippen molar-refractivity contribution < 1.29 is 0 Å². The fourth-order valence-corrected chi connectivity index (χ4v) is 3.79.